The van der Waals surface area contributed by atoms with E-state index >= 15 is 0 Å². The third kappa shape index (κ3) is 3.32. The highest BCUT2D eigenvalue weighted by atomic mass is 35.5. The van der Waals surface area contributed by atoms with Crippen LogP contribution < -0.4 is 5.32 Å². The first-order valence-corrected chi connectivity index (χ1v) is 10.5. The normalized spacial score (nSPS) is 17.6. The predicted molar refractivity (Wildman–Crippen MR) is 118 cm³/mol. The minimum atomic E-state index is -0.490. The van der Waals surface area contributed by atoms with Crippen molar-refractivity contribution < 1.29 is 9.15 Å². The zero-order valence-corrected chi connectivity index (χ0v) is 16.9. The van der Waals surface area contributed by atoms with Crippen LogP contribution in [-0.4, -0.2) is 23.1 Å². The zero-order valence-electron chi connectivity index (χ0n) is 15.3. The Morgan fingerprint density at radius 3 is 2.59 bits per heavy atom. The van der Waals surface area contributed by atoms with E-state index in [0.29, 0.717) is 33.4 Å². The first kappa shape index (κ1) is 18.0. The van der Waals surface area contributed by atoms with E-state index in [1.807, 2.05) is 66.9 Å². The number of anilines is 1. The molecule has 0 radical (unpaired) electrons. The predicted octanol–water partition coefficient (Wildman–Crippen LogP) is 5.58. The van der Waals surface area contributed by atoms with Crippen molar-refractivity contribution in [2.45, 2.75) is 6.17 Å². The van der Waals surface area contributed by atoms with Crippen LogP contribution in [0.5, 0.6) is 0 Å². The Balaban J connectivity index is 1.58. The maximum absolute atomic E-state index is 6.32. The van der Waals surface area contributed by atoms with Crippen LogP contribution in [0.2, 0.25) is 5.02 Å². The Morgan fingerprint density at radius 1 is 0.966 bits per heavy atom. The molecule has 3 aromatic rings. The van der Waals surface area contributed by atoms with Gasteiger partial charge in [-0.15, -0.1) is 10.2 Å². The van der Waals surface area contributed by atoms with Crippen molar-refractivity contribution in [3.05, 3.63) is 77.0 Å². The van der Waals surface area contributed by atoms with Gasteiger partial charge in [0.2, 0.25) is 5.90 Å². The van der Waals surface area contributed by atoms with Gasteiger partial charge in [0.1, 0.15) is 11.5 Å². The van der Waals surface area contributed by atoms with Crippen LogP contribution in [0, 0.1) is 0 Å². The molecule has 0 aliphatic carbocycles. The van der Waals surface area contributed by atoms with Gasteiger partial charge in [0.05, 0.1) is 5.02 Å². The Hall–Kier alpha value is -3.03. The summed E-state index contributed by atoms with van der Waals surface area (Å²) < 4.78 is 12.0. The number of halogens is 1. The number of fused-ring (bicyclic) bond motifs is 3. The number of thioether (sulfide) groups is 1. The van der Waals surface area contributed by atoms with E-state index in [1.54, 1.807) is 0 Å². The lowest BCUT2D eigenvalue weighted by molar-refractivity contribution is 0.487. The summed E-state index contributed by atoms with van der Waals surface area (Å²) in [5.41, 5.74) is 3.16. The van der Waals surface area contributed by atoms with Crippen molar-refractivity contribution >= 4 is 45.9 Å². The first-order valence-electron chi connectivity index (χ1n) is 8.89. The van der Waals surface area contributed by atoms with E-state index in [9.17, 15) is 0 Å². The topological polar surface area (TPSA) is 71.5 Å². The van der Waals surface area contributed by atoms with E-state index in [-0.39, 0.29) is 0 Å². The van der Waals surface area contributed by atoms with Crippen LogP contribution in [0.15, 0.2) is 80.3 Å². The van der Waals surface area contributed by atoms with E-state index in [0.717, 1.165) is 16.8 Å². The molecular formula is C21H15ClN4O2S. The third-order valence-electron chi connectivity index (χ3n) is 4.55. The summed E-state index contributed by atoms with van der Waals surface area (Å²) in [5, 5.41) is 12.9. The number of hydrogen-bond acceptors (Lipinski definition) is 7. The molecule has 5 rings (SSSR count). The van der Waals surface area contributed by atoms with Gasteiger partial charge >= 0.3 is 0 Å². The molecule has 6 nitrogen and oxygen atoms in total. The van der Waals surface area contributed by atoms with Gasteiger partial charge in [-0.05, 0) is 36.6 Å². The minimum Gasteiger partial charge on any atom is -0.457 e. The number of para-hydroxylation sites is 1. The SMILES string of the molecule is CSC1=NN=C2C(=NC(c3ccc(-c4ccccc4Cl)o3)Nc3ccccc32)O1. The second-order valence-electron chi connectivity index (χ2n) is 6.33. The van der Waals surface area contributed by atoms with Crippen LogP contribution in [0.1, 0.15) is 17.5 Å². The number of ether oxygens (including phenoxy) is 1. The van der Waals surface area contributed by atoms with Crippen LogP contribution >= 0.6 is 23.4 Å². The molecule has 1 atom stereocenters. The number of furan rings is 1. The molecule has 3 heterocycles. The van der Waals surface area contributed by atoms with Crippen molar-refractivity contribution in [1.29, 1.82) is 0 Å². The fraction of sp³-hybridized carbons (Fsp3) is 0.0952. The Kier molecular flexibility index (Phi) is 4.61. The van der Waals surface area contributed by atoms with E-state index in [4.69, 9.17) is 25.7 Å². The minimum absolute atomic E-state index is 0.405. The average Bonchev–Trinajstić information content (AvgIpc) is 3.17. The third-order valence-corrected chi connectivity index (χ3v) is 5.39. The lowest BCUT2D eigenvalue weighted by Gasteiger charge is -2.13. The summed E-state index contributed by atoms with van der Waals surface area (Å²) in [6, 6.07) is 19.2. The van der Waals surface area contributed by atoms with E-state index < -0.39 is 6.17 Å². The van der Waals surface area contributed by atoms with Crippen molar-refractivity contribution in [2.24, 2.45) is 15.2 Å². The summed E-state index contributed by atoms with van der Waals surface area (Å²) in [7, 11) is 0. The number of rotatable bonds is 2. The highest BCUT2D eigenvalue weighted by Crippen LogP contribution is 2.34. The van der Waals surface area contributed by atoms with Crippen LogP contribution in [0.4, 0.5) is 5.69 Å². The van der Waals surface area contributed by atoms with Crippen LogP contribution in [0.3, 0.4) is 0 Å². The lowest BCUT2D eigenvalue weighted by Crippen LogP contribution is -2.24. The van der Waals surface area contributed by atoms with Crippen molar-refractivity contribution in [3.63, 3.8) is 0 Å². The molecule has 1 unspecified atom stereocenters. The smallest absolute Gasteiger partial charge is 0.276 e. The first-order chi connectivity index (χ1) is 14.2. The molecule has 8 heteroatoms. The summed E-state index contributed by atoms with van der Waals surface area (Å²) >= 11 is 7.69. The van der Waals surface area contributed by atoms with Gasteiger partial charge in [0.15, 0.2) is 11.9 Å². The Labute approximate surface area is 176 Å². The maximum atomic E-state index is 6.32. The zero-order chi connectivity index (χ0) is 19.8. The quantitative estimate of drug-likeness (QED) is 0.585. The number of aliphatic imine (C=N–C) groups is 1. The highest BCUT2D eigenvalue weighted by molar-refractivity contribution is 8.13. The highest BCUT2D eigenvalue weighted by Gasteiger charge is 2.29. The number of nitrogens with one attached hydrogen (secondary N) is 1. The molecule has 0 amide bonds. The summed E-state index contributed by atoms with van der Waals surface area (Å²) in [6.45, 7) is 0. The molecule has 1 aromatic heterocycles. The lowest BCUT2D eigenvalue weighted by atomic mass is 10.1. The van der Waals surface area contributed by atoms with Crippen LogP contribution in [-0.2, 0) is 4.74 Å². The van der Waals surface area contributed by atoms with Crippen LogP contribution in [0.25, 0.3) is 11.3 Å². The molecule has 0 spiro atoms. The largest absolute Gasteiger partial charge is 0.457 e. The fourth-order valence-corrected chi connectivity index (χ4v) is 3.69. The number of hydrogen-bond donors (Lipinski definition) is 1. The summed E-state index contributed by atoms with van der Waals surface area (Å²) in [5.74, 6) is 1.72. The maximum Gasteiger partial charge on any atom is 0.276 e. The number of nitrogens with zero attached hydrogens (tertiary/aromatic N) is 3. The van der Waals surface area contributed by atoms with Gasteiger partial charge < -0.3 is 14.5 Å². The van der Waals surface area contributed by atoms with Crippen molar-refractivity contribution in [2.75, 3.05) is 11.6 Å². The standard InChI is InChI=1S/C21H15ClN4O2S/c1-29-21-26-25-18-13-7-3-5-9-15(13)23-19(24-20(18)28-21)17-11-10-16(27-17)12-6-2-4-8-14(12)22/h2-11,19,23H,1H3. The van der Waals surface area contributed by atoms with E-state index in [2.05, 4.69) is 15.5 Å². The Bertz CT molecular complexity index is 1180. The molecule has 0 bridgehead atoms. The molecule has 1 N–H and O–H groups in total. The molecule has 0 fully saturated rings. The summed E-state index contributed by atoms with van der Waals surface area (Å²) in [6.07, 6.45) is 1.39. The molecule has 2 aliphatic heterocycles. The molecule has 2 aliphatic rings. The molecule has 2 aromatic carbocycles. The van der Waals surface area contributed by atoms with Gasteiger partial charge in [0.25, 0.3) is 5.23 Å². The molecule has 0 saturated carbocycles. The van der Waals surface area contributed by atoms with Gasteiger partial charge in [-0.3, -0.25) is 0 Å². The molecule has 0 saturated heterocycles. The molecular weight excluding hydrogens is 408 g/mol. The second kappa shape index (κ2) is 7.42. The molecule has 29 heavy (non-hydrogen) atoms. The molecule has 144 valence electrons. The van der Waals surface area contributed by atoms with Gasteiger partial charge in [-0.1, -0.05) is 53.7 Å². The second-order valence-corrected chi connectivity index (χ2v) is 7.49. The van der Waals surface area contributed by atoms with Gasteiger partial charge in [0, 0.05) is 16.8 Å². The van der Waals surface area contributed by atoms with Gasteiger partial charge in [-0.25, -0.2) is 4.99 Å². The van der Waals surface area contributed by atoms with Crippen molar-refractivity contribution in [3.8, 4) is 11.3 Å². The van der Waals surface area contributed by atoms with Crippen molar-refractivity contribution in [1.82, 2.24) is 0 Å². The fourth-order valence-electron chi connectivity index (χ4n) is 3.18. The van der Waals surface area contributed by atoms with Gasteiger partial charge in [-0.2, -0.15) is 0 Å². The summed E-state index contributed by atoms with van der Waals surface area (Å²) in [4.78, 5) is 4.74. The average molecular weight is 423 g/mol. The monoisotopic (exact) mass is 422 g/mol. The number of benzene rings is 2. The van der Waals surface area contributed by atoms with E-state index in [1.165, 1.54) is 11.8 Å². The Morgan fingerprint density at radius 2 is 1.76 bits per heavy atom.